The fraction of sp³-hybridized carbons (Fsp3) is 0.167. The number of nitrogens with one attached hydrogen (secondary N) is 2. The van der Waals surface area contributed by atoms with E-state index in [-0.39, 0.29) is 15.4 Å². The van der Waals surface area contributed by atoms with E-state index in [4.69, 9.17) is 0 Å². The third-order valence-corrected chi connectivity index (χ3v) is 6.46. The van der Waals surface area contributed by atoms with E-state index in [2.05, 4.69) is 20.2 Å². The van der Waals surface area contributed by atoms with E-state index >= 15 is 0 Å². The summed E-state index contributed by atoms with van der Waals surface area (Å²) in [6.07, 6.45) is 0.687. The Morgan fingerprint density at radius 3 is 2.52 bits per heavy atom. The van der Waals surface area contributed by atoms with Gasteiger partial charge in [-0.15, -0.1) is 10.2 Å². The number of para-hydroxylation sites is 1. The Morgan fingerprint density at radius 1 is 1.07 bits per heavy atom. The SMILES string of the molecule is CCc1ccccc1NS(=O)(=O)c1nnc(NC(=O)c2ccccc2C)s1. The number of aromatic nitrogens is 2. The molecule has 0 unspecified atom stereocenters. The van der Waals surface area contributed by atoms with Gasteiger partial charge < -0.3 is 0 Å². The summed E-state index contributed by atoms with van der Waals surface area (Å²) in [4.78, 5) is 12.3. The van der Waals surface area contributed by atoms with Crippen molar-refractivity contribution in [3.63, 3.8) is 0 Å². The molecule has 3 aromatic rings. The van der Waals surface area contributed by atoms with Gasteiger partial charge in [-0.1, -0.05) is 54.7 Å². The van der Waals surface area contributed by atoms with E-state index < -0.39 is 10.0 Å². The van der Waals surface area contributed by atoms with Crippen LogP contribution >= 0.6 is 11.3 Å². The lowest BCUT2D eigenvalue weighted by atomic mass is 10.1. The number of benzene rings is 2. The standard InChI is InChI=1S/C18H18N4O3S2/c1-3-13-9-5-7-11-15(13)22-27(24,25)18-21-20-17(26-18)19-16(23)14-10-6-4-8-12(14)2/h4-11,22H,3H2,1-2H3,(H,19,20,23). The number of carbonyl (C=O) groups excluding carboxylic acids is 1. The minimum Gasteiger partial charge on any atom is -0.296 e. The molecule has 0 atom stereocenters. The molecule has 7 nitrogen and oxygen atoms in total. The highest BCUT2D eigenvalue weighted by atomic mass is 32.2. The molecular formula is C18H18N4O3S2. The zero-order valence-electron chi connectivity index (χ0n) is 14.8. The zero-order valence-corrected chi connectivity index (χ0v) is 16.4. The van der Waals surface area contributed by atoms with E-state index in [1.54, 1.807) is 24.3 Å². The first-order valence-corrected chi connectivity index (χ1v) is 10.5. The molecule has 1 heterocycles. The molecule has 1 amide bonds. The van der Waals surface area contributed by atoms with E-state index in [1.165, 1.54) is 0 Å². The first-order chi connectivity index (χ1) is 12.9. The average molecular weight is 403 g/mol. The Hall–Kier alpha value is -2.78. The number of carbonyl (C=O) groups is 1. The van der Waals surface area contributed by atoms with Gasteiger partial charge in [0.2, 0.25) is 5.13 Å². The third kappa shape index (κ3) is 4.32. The Labute approximate surface area is 161 Å². The Balaban J connectivity index is 1.78. The number of aryl methyl sites for hydroxylation is 2. The molecule has 0 saturated carbocycles. The largest absolute Gasteiger partial charge is 0.296 e. The molecule has 3 rings (SSSR count). The van der Waals surface area contributed by atoms with Crippen molar-refractivity contribution < 1.29 is 13.2 Å². The van der Waals surface area contributed by atoms with E-state index in [9.17, 15) is 13.2 Å². The van der Waals surface area contributed by atoms with Crippen LogP contribution in [0.2, 0.25) is 0 Å². The highest BCUT2D eigenvalue weighted by Crippen LogP contribution is 2.25. The van der Waals surface area contributed by atoms with E-state index in [0.29, 0.717) is 17.7 Å². The molecule has 2 N–H and O–H groups in total. The van der Waals surface area contributed by atoms with Gasteiger partial charge in [0.1, 0.15) is 0 Å². The van der Waals surface area contributed by atoms with Crippen LogP contribution in [-0.2, 0) is 16.4 Å². The van der Waals surface area contributed by atoms with Gasteiger partial charge in [0.15, 0.2) is 0 Å². The van der Waals surface area contributed by atoms with Crippen LogP contribution in [0.15, 0.2) is 52.9 Å². The van der Waals surface area contributed by atoms with Crippen molar-refractivity contribution >= 4 is 38.1 Å². The minimum atomic E-state index is -3.89. The number of hydrogen-bond acceptors (Lipinski definition) is 6. The van der Waals surface area contributed by atoms with Crippen LogP contribution in [-0.4, -0.2) is 24.5 Å². The number of hydrogen-bond donors (Lipinski definition) is 2. The molecule has 0 fully saturated rings. The Kier molecular flexibility index (Phi) is 5.52. The van der Waals surface area contributed by atoms with Gasteiger partial charge in [0.05, 0.1) is 5.69 Å². The maximum atomic E-state index is 12.6. The van der Waals surface area contributed by atoms with Crippen LogP contribution in [0, 0.1) is 6.92 Å². The first-order valence-electron chi connectivity index (χ1n) is 8.22. The second-order valence-electron chi connectivity index (χ2n) is 5.76. The molecule has 140 valence electrons. The molecule has 0 aliphatic carbocycles. The highest BCUT2D eigenvalue weighted by Gasteiger charge is 2.22. The Morgan fingerprint density at radius 2 is 1.78 bits per heavy atom. The van der Waals surface area contributed by atoms with Crippen LogP contribution in [0.5, 0.6) is 0 Å². The second kappa shape index (κ2) is 7.85. The van der Waals surface area contributed by atoms with Gasteiger partial charge in [-0.2, -0.15) is 8.42 Å². The summed E-state index contributed by atoms with van der Waals surface area (Å²) < 4.78 is 27.5. The van der Waals surface area contributed by atoms with Crippen LogP contribution < -0.4 is 10.0 Å². The van der Waals surface area contributed by atoms with Gasteiger partial charge in [0, 0.05) is 5.56 Å². The summed E-state index contributed by atoms with van der Waals surface area (Å²) in [5.41, 5.74) is 2.68. The van der Waals surface area contributed by atoms with Crippen molar-refractivity contribution in [2.45, 2.75) is 24.6 Å². The van der Waals surface area contributed by atoms with Crippen LogP contribution in [0.25, 0.3) is 0 Å². The zero-order chi connectivity index (χ0) is 19.4. The predicted molar refractivity (Wildman–Crippen MR) is 106 cm³/mol. The van der Waals surface area contributed by atoms with Crippen molar-refractivity contribution in [1.82, 2.24) is 10.2 Å². The molecule has 2 aromatic carbocycles. The van der Waals surface area contributed by atoms with Crippen molar-refractivity contribution in [1.29, 1.82) is 0 Å². The van der Waals surface area contributed by atoms with Gasteiger partial charge in [-0.25, -0.2) is 0 Å². The van der Waals surface area contributed by atoms with Crippen LogP contribution in [0.4, 0.5) is 10.8 Å². The average Bonchev–Trinajstić information content (AvgIpc) is 3.11. The van der Waals surface area contributed by atoms with Crippen molar-refractivity contribution in [2.75, 3.05) is 10.0 Å². The summed E-state index contributed by atoms with van der Waals surface area (Å²) in [5.74, 6) is -0.363. The molecule has 1 aromatic heterocycles. The van der Waals surface area contributed by atoms with Crippen molar-refractivity contribution in [3.8, 4) is 0 Å². The molecule has 27 heavy (non-hydrogen) atoms. The summed E-state index contributed by atoms with van der Waals surface area (Å²) in [5, 5.41) is 10.2. The lowest BCUT2D eigenvalue weighted by Gasteiger charge is -2.09. The lowest BCUT2D eigenvalue weighted by molar-refractivity contribution is 0.102. The monoisotopic (exact) mass is 402 g/mol. The van der Waals surface area contributed by atoms with Gasteiger partial charge in [-0.05, 0) is 36.6 Å². The van der Waals surface area contributed by atoms with Gasteiger partial charge >= 0.3 is 0 Å². The Bertz CT molecular complexity index is 1080. The maximum Gasteiger partial charge on any atom is 0.291 e. The lowest BCUT2D eigenvalue weighted by Crippen LogP contribution is -2.14. The van der Waals surface area contributed by atoms with Gasteiger partial charge in [-0.3, -0.25) is 14.8 Å². The second-order valence-corrected chi connectivity index (χ2v) is 8.59. The summed E-state index contributed by atoms with van der Waals surface area (Å²) in [7, 11) is -3.89. The summed E-state index contributed by atoms with van der Waals surface area (Å²) >= 11 is 0.797. The minimum absolute atomic E-state index is 0.118. The number of sulfonamides is 1. The van der Waals surface area contributed by atoms with Gasteiger partial charge in [0.25, 0.3) is 20.3 Å². The smallest absolute Gasteiger partial charge is 0.291 e. The fourth-order valence-electron chi connectivity index (χ4n) is 2.48. The van der Waals surface area contributed by atoms with Crippen molar-refractivity contribution in [3.05, 3.63) is 65.2 Å². The third-order valence-electron chi connectivity index (χ3n) is 3.89. The molecule has 0 bridgehead atoms. The number of amides is 1. The molecular weight excluding hydrogens is 384 g/mol. The predicted octanol–water partition coefficient (Wildman–Crippen LogP) is 3.46. The van der Waals surface area contributed by atoms with Crippen LogP contribution in [0.3, 0.4) is 0 Å². The first kappa shape index (κ1) is 19.0. The number of rotatable bonds is 6. The summed E-state index contributed by atoms with van der Waals surface area (Å²) in [6.45, 7) is 3.76. The quantitative estimate of drug-likeness (QED) is 0.615. The highest BCUT2D eigenvalue weighted by molar-refractivity contribution is 7.94. The normalized spacial score (nSPS) is 11.2. The van der Waals surface area contributed by atoms with Crippen LogP contribution in [0.1, 0.15) is 28.4 Å². The van der Waals surface area contributed by atoms with Crippen molar-refractivity contribution in [2.24, 2.45) is 0 Å². The molecule has 0 aliphatic heterocycles. The number of anilines is 2. The molecule has 0 aliphatic rings. The number of nitrogens with zero attached hydrogens (tertiary/aromatic N) is 2. The molecule has 0 spiro atoms. The van der Waals surface area contributed by atoms with E-state index in [0.717, 1.165) is 22.5 Å². The molecule has 0 saturated heterocycles. The maximum absolute atomic E-state index is 12.6. The fourth-order valence-corrected chi connectivity index (χ4v) is 4.47. The van der Waals surface area contributed by atoms with E-state index in [1.807, 2.05) is 38.1 Å². The summed E-state index contributed by atoms with van der Waals surface area (Å²) in [6, 6.07) is 14.2. The molecule has 9 heteroatoms. The topological polar surface area (TPSA) is 101 Å². The molecule has 0 radical (unpaired) electrons.